The molecule has 0 aliphatic heterocycles. The fourth-order valence-corrected chi connectivity index (χ4v) is 1.62. The zero-order valence-corrected chi connectivity index (χ0v) is 11.9. The molecular formula is C12H21N5O3. The maximum atomic E-state index is 11.7. The Hall–Kier alpha value is -1.67. The van der Waals surface area contributed by atoms with Gasteiger partial charge < -0.3 is 24.7 Å². The average molecular weight is 283 g/mol. The van der Waals surface area contributed by atoms with Crippen molar-refractivity contribution in [2.45, 2.75) is 25.4 Å². The Kier molecular flexibility index (Phi) is 5.31. The number of likely N-dealkylation sites (N-methyl/N-ethyl adjacent to an activating group) is 1. The summed E-state index contributed by atoms with van der Waals surface area (Å²) in [5, 5.41) is 13.9. The highest BCUT2D eigenvalue weighted by molar-refractivity contribution is 5.81. The Morgan fingerprint density at radius 1 is 1.50 bits per heavy atom. The zero-order valence-electron chi connectivity index (χ0n) is 11.9. The lowest BCUT2D eigenvalue weighted by Crippen LogP contribution is -2.36. The maximum Gasteiger partial charge on any atom is 0.318 e. The van der Waals surface area contributed by atoms with Gasteiger partial charge in [0.15, 0.2) is 0 Å². The summed E-state index contributed by atoms with van der Waals surface area (Å²) in [6, 6.07) is 0.707. The van der Waals surface area contributed by atoms with Crippen LogP contribution in [0, 0.1) is 0 Å². The highest BCUT2D eigenvalue weighted by atomic mass is 16.5. The Labute approximate surface area is 117 Å². The summed E-state index contributed by atoms with van der Waals surface area (Å²) in [4.78, 5) is 13.3. The van der Waals surface area contributed by atoms with Gasteiger partial charge in [-0.25, -0.2) is 0 Å². The number of nitrogens with one attached hydrogen (secondary N) is 2. The molecule has 0 spiro atoms. The molecule has 8 nitrogen and oxygen atoms in total. The predicted octanol–water partition coefficient (Wildman–Crippen LogP) is -0.480. The summed E-state index contributed by atoms with van der Waals surface area (Å²) < 4.78 is 10.4. The molecule has 1 fully saturated rings. The van der Waals surface area contributed by atoms with Crippen molar-refractivity contribution in [1.82, 2.24) is 20.8 Å². The molecule has 1 amide bonds. The van der Waals surface area contributed by atoms with Gasteiger partial charge in [-0.1, -0.05) is 5.10 Å². The number of ether oxygens (including phenoxy) is 1. The number of rotatable bonds is 9. The number of carbonyl (C=O) groups is 1. The van der Waals surface area contributed by atoms with E-state index in [0.29, 0.717) is 37.6 Å². The minimum absolute atomic E-state index is 0.0204. The second kappa shape index (κ2) is 7.20. The van der Waals surface area contributed by atoms with Crippen LogP contribution in [0.5, 0.6) is 0 Å². The standard InChI is InChI=1S/C12H21N5O3/c1-17(8-10(18)14-9-3-4-9)12-16-15-11(20-12)7-13-5-6-19-2/h9,13H,3-8H2,1-2H3,(H,14,18). The van der Waals surface area contributed by atoms with Gasteiger partial charge in [-0.3, -0.25) is 4.79 Å². The largest absolute Gasteiger partial charge is 0.407 e. The topological polar surface area (TPSA) is 92.5 Å². The summed E-state index contributed by atoms with van der Waals surface area (Å²) in [6.07, 6.45) is 2.15. The van der Waals surface area contributed by atoms with E-state index in [1.165, 1.54) is 0 Å². The molecule has 8 heteroatoms. The van der Waals surface area contributed by atoms with Crippen LogP contribution in [0.2, 0.25) is 0 Å². The second-order valence-electron chi connectivity index (χ2n) is 4.85. The number of methoxy groups -OCH3 is 1. The molecule has 20 heavy (non-hydrogen) atoms. The number of nitrogens with zero attached hydrogens (tertiary/aromatic N) is 3. The van der Waals surface area contributed by atoms with Crippen molar-refractivity contribution in [2.24, 2.45) is 0 Å². The SMILES string of the molecule is COCCNCc1nnc(N(C)CC(=O)NC2CC2)o1. The molecule has 0 radical (unpaired) electrons. The van der Waals surface area contributed by atoms with Gasteiger partial charge in [0.2, 0.25) is 11.8 Å². The third-order valence-corrected chi connectivity index (χ3v) is 2.87. The monoisotopic (exact) mass is 283 g/mol. The smallest absolute Gasteiger partial charge is 0.318 e. The molecule has 1 aliphatic carbocycles. The van der Waals surface area contributed by atoms with Crippen LogP contribution in [-0.4, -0.2) is 56.0 Å². The minimum atomic E-state index is -0.0204. The average Bonchev–Trinajstić information content (AvgIpc) is 3.09. The number of hydrogen-bond acceptors (Lipinski definition) is 7. The molecule has 1 aromatic heterocycles. The highest BCUT2D eigenvalue weighted by Gasteiger charge is 2.24. The van der Waals surface area contributed by atoms with Crippen molar-refractivity contribution >= 4 is 11.9 Å². The normalized spacial score (nSPS) is 14.3. The molecule has 0 bridgehead atoms. The fourth-order valence-electron chi connectivity index (χ4n) is 1.62. The third kappa shape index (κ3) is 4.78. The van der Waals surface area contributed by atoms with E-state index in [0.717, 1.165) is 12.8 Å². The Balaban J connectivity index is 1.73. The second-order valence-corrected chi connectivity index (χ2v) is 4.85. The molecule has 112 valence electrons. The summed E-state index contributed by atoms with van der Waals surface area (Å²) in [5.74, 6) is 0.471. The van der Waals surface area contributed by atoms with Gasteiger partial charge in [0.1, 0.15) is 6.54 Å². The first-order chi connectivity index (χ1) is 9.69. The molecular weight excluding hydrogens is 262 g/mol. The first kappa shape index (κ1) is 14.7. The molecule has 2 N–H and O–H groups in total. The van der Waals surface area contributed by atoms with Gasteiger partial charge in [-0.15, -0.1) is 5.10 Å². The lowest BCUT2D eigenvalue weighted by molar-refractivity contribution is -0.119. The summed E-state index contributed by atoms with van der Waals surface area (Å²) in [7, 11) is 3.40. The van der Waals surface area contributed by atoms with E-state index < -0.39 is 0 Å². The summed E-state index contributed by atoms with van der Waals surface area (Å²) in [5.41, 5.74) is 0. The van der Waals surface area contributed by atoms with E-state index in [1.807, 2.05) is 0 Å². The van der Waals surface area contributed by atoms with Gasteiger partial charge in [0, 0.05) is 26.7 Å². The van der Waals surface area contributed by atoms with Crippen LogP contribution in [0.3, 0.4) is 0 Å². The van der Waals surface area contributed by atoms with Gasteiger partial charge in [0.25, 0.3) is 0 Å². The quantitative estimate of drug-likeness (QED) is 0.591. The fraction of sp³-hybridized carbons (Fsp3) is 0.750. The summed E-state index contributed by atoms with van der Waals surface area (Å²) >= 11 is 0. The van der Waals surface area contributed by atoms with Crippen LogP contribution < -0.4 is 15.5 Å². The molecule has 1 heterocycles. The molecule has 1 saturated carbocycles. The Bertz CT molecular complexity index is 432. The number of hydrogen-bond donors (Lipinski definition) is 2. The van der Waals surface area contributed by atoms with Gasteiger partial charge in [-0.05, 0) is 12.8 Å². The van der Waals surface area contributed by atoms with E-state index in [9.17, 15) is 4.79 Å². The van der Waals surface area contributed by atoms with E-state index in [1.54, 1.807) is 19.1 Å². The van der Waals surface area contributed by atoms with Crippen molar-refractivity contribution in [2.75, 3.05) is 38.8 Å². The van der Waals surface area contributed by atoms with Crippen LogP contribution in [0.4, 0.5) is 6.01 Å². The minimum Gasteiger partial charge on any atom is -0.407 e. The Morgan fingerprint density at radius 2 is 2.30 bits per heavy atom. The first-order valence-corrected chi connectivity index (χ1v) is 6.71. The van der Waals surface area contributed by atoms with Crippen molar-refractivity contribution < 1.29 is 13.9 Å². The van der Waals surface area contributed by atoms with E-state index in [-0.39, 0.29) is 12.5 Å². The molecule has 0 aromatic carbocycles. The number of anilines is 1. The maximum absolute atomic E-state index is 11.7. The predicted molar refractivity (Wildman–Crippen MR) is 72.3 cm³/mol. The van der Waals surface area contributed by atoms with Crippen LogP contribution >= 0.6 is 0 Å². The summed E-state index contributed by atoms with van der Waals surface area (Å²) in [6.45, 7) is 2.05. The lowest BCUT2D eigenvalue weighted by atomic mass is 10.5. The lowest BCUT2D eigenvalue weighted by Gasteiger charge is -2.13. The van der Waals surface area contributed by atoms with Crippen LogP contribution in [0.15, 0.2) is 4.42 Å². The first-order valence-electron chi connectivity index (χ1n) is 6.71. The van der Waals surface area contributed by atoms with E-state index in [4.69, 9.17) is 9.15 Å². The number of aromatic nitrogens is 2. The molecule has 1 aliphatic rings. The number of carbonyl (C=O) groups excluding carboxylic acids is 1. The molecule has 0 saturated heterocycles. The molecule has 1 aromatic rings. The van der Waals surface area contributed by atoms with Crippen LogP contribution in [-0.2, 0) is 16.1 Å². The molecule has 0 atom stereocenters. The molecule has 2 rings (SSSR count). The highest BCUT2D eigenvalue weighted by Crippen LogP contribution is 2.18. The van der Waals surface area contributed by atoms with Crippen molar-refractivity contribution in [3.8, 4) is 0 Å². The van der Waals surface area contributed by atoms with Gasteiger partial charge in [0.05, 0.1) is 13.2 Å². The van der Waals surface area contributed by atoms with Crippen LogP contribution in [0.1, 0.15) is 18.7 Å². The van der Waals surface area contributed by atoms with E-state index >= 15 is 0 Å². The molecule has 0 unspecified atom stereocenters. The third-order valence-electron chi connectivity index (χ3n) is 2.87. The van der Waals surface area contributed by atoms with Gasteiger partial charge >= 0.3 is 6.01 Å². The van der Waals surface area contributed by atoms with Crippen molar-refractivity contribution in [3.05, 3.63) is 5.89 Å². The van der Waals surface area contributed by atoms with Crippen molar-refractivity contribution in [3.63, 3.8) is 0 Å². The zero-order chi connectivity index (χ0) is 14.4. The van der Waals surface area contributed by atoms with Crippen LogP contribution in [0.25, 0.3) is 0 Å². The van der Waals surface area contributed by atoms with Gasteiger partial charge in [-0.2, -0.15) is 0 Å². The Morgan fingerprint density at radius 3 is 3.00 bits per heavy atom. The number of amides is 1. The van der Waals surface area contributed by atoms with Crippen molar-refractivity contribution in [1.29, 1.82) is 0 Å². The van der Waals surface area contributed by atoms with E-state index in [2.05, 4.69) is 20.8 Å².